The number of benzene rings is 1. The zero-order chi connectivity index (χ0) is 21.1. The summed E-state index contributed by atoms with van der Waals surface area (Å²) in [5.41, 5.74) is 10.3. The summed E-state index contributed by atoms with van der Waals surface area (Å²) in [6.45, 7) is 0.00719. The van der Waals surface area contributed by atoms with Crippen LogP contribution in [0.4, 0.5) is 4.79 Å². The Morgan fingerprint density at radius 1 is 1.00 bits per heavy atom. The van der Waals surface area contributed by atoms with Crippen LogP contribution in [0.2, 0.25) is 0 Å². The Labute approximate surface area is 166 Å². The molecule has 2 rings (SSSR count). The molecule has 5 N–H and O–H groups in total. The molecule has 10 nitrogen and oxygen atoms in total. The fourth-order valence-corrected chi connectivity index (χ4v) is 2.23. The molecule has 1 atom stereocenters. The van der Waals surface area contributed by atoms with Crippen molar-refractivity contribution in [2.75, 3.05) is 0 Å². The molecule has 0 bridgehead atoms. The molecule has 0 radical (unpaired) electrons. The normalized spacial score (nSPS) is 11.0. The van der Waals surface area contributed by atoms with E-state index in [1.54, 1.807) is 36.4 Å². The number of primary amides is 1. The third kappa shape index (κ3) is 7.67. The summed E-state index contributed by atoms with van der Waals surface area (Å²) in [6, 6.07) is 12.5. The molecular formula is C19H21N5O5. The van der Waals surface area contributed by atoms with Gasteiger partial charge in [-0.2, -0.15) is 0 Å². The van der Waals surface area contributed by atoms with E-state index in [4.69, 9.17) is 10.5 Å². The average molecular weight is 399 g/mol. The van der Waals surface area contributed by atoms with Gasteiger partial charge >= 0.3 is 6.09 Å². The van der Waals surface area contributed by atoms with Crippen LogP contribution in [0.1, 0.15) is 28.9 Å². The van der Waals surface area contributed by atoms with E-state index in [9.17, 15) is 19.2 Å². The van der Waals surface area contributed by atoms with Crippen LogP contribution in [-0.4, -0.2) is 34.8 Å². The Hall–Kier alpha value is -3.95. The predicted molar refractivity (Wildman–Crippen MR) is 102 cm³/mol. The second kappa shape index (κ2) is 11.0. The maximum absolute atomic E-state index is 12.3. The summed E-state index contributed by atoms with van der Waals surface area (Å²) >= 11 is 0. The highest BCUT2D eigenvalue weighted by Crippen LogP contribution is 2.03. The molecule has 0 saturated heterocycles. The van der Waals surface area contributed by atoms with Crippen LogP contribution < -0.4 is 21.9 Å². The van der Waals surface area contributed by atoms with E-state index in [2.05, 4.69) is 21.2 Å². The van der Waals surface area contributed by atoms with Gasteiger partial charge in [0.05, 0.1) is 0 Å². The fraction of sp³-hybridized carbons (Fsp3) is 0.211. The van der Waals surface area contributed by atoms with Gasteiger partial charge in [0.25, 0.3) is 11.8 Å². The number of rotatable bonds is 8. The van der Waals surface area contributed by atoms with Gasteiger partial charge in [0.2, 0.25) is 5.91 Å². The van der Waals surface area contributed by atoms with Crippen LogP contribution in [0.3, 0.4) is 0 Å². The van der Waals surface area contributed by atoms with Gasteiger partial charge in [-0.05, 0) is 24.1 Å². The first-order valence-electron chi connectivity index (χ1n) is 8.72. The molecule has 1 heterocycles. The Kier molecular flexibility index (Phi) is 8.11. The molecule has 152 valence electrons. The minimum absolute atomic E-state index is 0.00719. The number of amides is 4. The van der Waals surface area contributed by atoms with Gasteiger partial charge in [0.1, 0.15) is 18.3 Å². The Bertz CT molecular complexity index is 845. The van der Waals surface area contributed by atoms with E-state index in [0.717, 1.165) is 5.56 Å². The summed E-state index contributed by atoms with van der Waals surface area (Å²) in [6.07, 6.45) is 0.359. The van der Waals surface area contributed by atoms with Crippen LogP contribution in [0, 0.1) is 0 Å². The van der Waals surface area contributed by atoms with Crippen molar-refractivity contribution in [1.29, 1.82) is 0 Å². The smallest absolute Gasteiger partial charge is 0.408 e. The molecule has 0 spiro atoms. The van der Waals surface area contributed by atoms with Crippen molar-refractivity contribution in [2.45, 2.75) is 25.5 Å². The molecule has 0 aliphatic heterocycles. The number of carbonyl (C=O) groups is 4. The molecule has 0 fully saturated rings. The molecule has 4 amide bonds. The quantitative estimate of drug-likeness (QED) is 0.472. The largest absolute Gasteiger partial charge is 0.445 e. The van der Waals surface area contributed by atoms with Crippen LogP contribution in [0.25, 0.3) is 0 Å². The molecule has 1 aromatic carbocycles. The first-order chi connectivity index (χ1) is 14.0. The Morgan fingerprint density at radius 2 is 1.72 bits per heavy atom. The van der Waals surface area contributed by atoms with Gasteiger partial charge < -0.3 is 15.8 Å². The molecule has 0 saturated carbocycles. The number of carbonyl (C=O) groups excluding carboxylic acids is 4. The summed E-state index contributed by atoms with van der Waals surface area (Å²) < 4.78 is 5.07. The number of nitrogens with zero attached hydrogens (tertiary/aromatic N) is 1. The van der Waals surface area contributed by atoms with E-state index in [1.807, 2.05) is 6.07 Å². The molecule has 0 unspecified atom stereocenters. The van der Waals surface area contributed by atoms with Gasteiger partial charge in [0.15, 0.2) is 0 Å². The summed E-state index contributed by atoms with van der Waals surface area (Å²) in [7, 11) is 0. The van der Waals surface area contributed by atoms with Gasteiger partial charge in [-0.1, -0.05) is 36.4 Å². The predicted octanol–water partition coefficient (Wildman–Crippen LogP) is 0.403. The molecule has 0 aliphatic rings. The first-order valence-corrected chi connectivity index (χ1v) is 8.72. The van der Waals surface area contributed by atoms with Crippen molar-refractivity contribution in [3.05, 3.63) is 66.0 Å². The number of alkyl carbamates (subject to hydrolysis) is 1. The third-order valence-electron chi connectivity index (χ3n) is 3.70. The molecule has 10 heteroatoms. The zero-order valence-corrected chi connectivity index (χ0v) is 15.5. The third-order valence-corrected chi connectivity index (χ3v) is 3.70. The average Bonchev–Trinajstić information content (AvgIpc) is 2.74. The van der Waals surface area contributed by atoms with Crippen LogP contribution in [0.5, 0.6) is 0 Å². The number of hydrogen-bond acceptors (Lipinski definition) is 6. The van der Waals surface area contributed by atoms with Gasteiger partial charge in [-0.15, -0.1) is 0 Å². The van der Waals surface area contributed by atoms with E-state index in [1.165, 1.54) is 12.3 Å². The highest BCUT2D eigenvalue weighted by atomic mass is 16.5. The van der Waals surface area contributed by atoms with Crippen molar-refractivity contribution in [2.24, 2.45) is 5.73 Å². The van der Waals surface area contributed by atoms with Crippen molar-refractivity contribution < 1.29 is 23.9 Å². The number of nitrogens with one attached hydrogen (secondary N) is 3. The van der Waals surface area contributed by atoms with Crippen LogP contribution in [-0.2, 0) is 20.9 Å². The molecule has 1 aromatic heterocycles. The highest BCUT2D eigenvalue weighted by molar-refractivity contribution is 5.94. The topological polar surface area (TPSA) is 153 Å². The van der Waals surface area contributed by atoms with E-state index in [-0.39, 0.29) is 25.1 Å². The van der Waals surface area contributed by atoms with E-state index in [0.29, 0.717) is 0 Å². The van der Waals surface area contributed by atoms with Gasteiger partial charge in [-0.25, -0.2) is 4.79 Å². The molecule has 0 aliphatic carbocycles. The standard InChI is InChI=1S/C19H21N5O5/c20-16(25)10-9-15(22-19(28)29-12-13-6-2-1-3-7-13)18(27)24-23-17(26)14-8-4-5-11-21-14/h1-8,11,15H,9-10,12H2,(H2,20,25)(H,22,28)(H,23,26)(H,24,27)/t15-/m0/s1. The second-order valence-corrected chi connectivity index (χ2v) is 5.92. The molecule has 29 heavy (non-hydrogen) atoms. The summed E-state index contributed by atoms with van der Waals surface area (Å²) in [4.78, 5) is 51.2. The number of pyridine rings is 1. The monoisotopic (exact) mass is 399 g/mol. The lowest BCUT2D eigenvalue weighted by molar-refractivity contribution is -0.124. The Balaban J connectivity index is 1.89. The number of hydrazine groups is 1. The lowest BCUT2D eigenvalue weighted by Crippen LogP contribution is -2.52. The number of nitrogens with two attached hydrogens (primary N) is 1. The van der Waals surface area contributed by atoms with Crippen LogP contribution >= 0.6 is 0 Å². The van der Waals surface area contributed by atoms with E-state index < -0.39 is 29.9 Å². The number of aromatic nitrogens is 1. The van der Waals surface area contributed by atoms with E-state index >= 15 is 0 Å². The second-order valence-electron chi connectivity index (χ2n) is 5.92. The molecule has 2 aromatic rings. The lowest BCUT2D eigenvalue weighted by atomic mass is 10.1. The Morgan fingerprint density at radius 3 is 2.38 bits per heavy atom. The maximum Gasteiger partial charge on any atom is 0.408 e. The minimum atomic E-state index is -1.14. The SMILES string of the molecule is NC(=O)CC[C@H](NC(=O)OCc1ccccc1)C(=O)NNC(=O)c1ccccn1. The molecular weight excluding hydrogens is 378 g/mol. The fourth-order valence-electron chi connectivity index (χ4n) is 2.23. The summed E-state index contributed by atoms with van der Waals surface area (Å²) in [5.74, 6) is -2.02. The summed E-state index contributed by atoms with van der Waals surface area (Å²) in [5, 5.41) is 2.36. The zero-order valence-electron chi connectivity index (χ0n) is 15.5. The number of ether oxygens (including phenoxy) is 1. The van der Waals surface area contributed by atoms with Gasteiger partial charge in [0, 0.05) is 12.6 Å². The first kappa shape index (κ1) is 21.4. The van der Waals surface area contributed by atoms with Crippen molar-refractivity contribution >= 4 is 23.8 Å². The maximum atomic E-state index is 12.3. The van der Waals surface area contributed by atoms with Crippen molar-refractivity contribution in [3.63, 3.8) is 0 Å². The highest BCUT2D eigenvalue weighted by Gasteiger charge is 2.23. The van der Waals surface area contributed by atoms with Crippen molar-refractivity contribution in [3.8, 4) is 0 Å². The number of hydrogen-bond donors (Lipinski definition) is 4. The minimum Gasteiger partial charge on any atom is -0.445 e. The van der Waals surface area contributed by atoms with Crippen LogP contribution in [0.15, 0.2) is 54.7 Å². The van der Waals surface area contributed by atoms with Crippen molar-refractivity contribution in [1.82, 2.24) is 21.2 Å². The van der Waals surface area contributed by atoms with Gasteiger partial charge in [-0.3, -0.25) is 30.2 Å². The lowest BCUT2D eigenvalue weighted by Gasteiger charge is -2.18.